The lowest BCUT2D eigenvalue weighted by Crippen LogP contribution is -2.47. The number of hydrogen-bond donors (Lipinski definition) is 1. The van der Waals surface area contributed by atoms with Crippen LogP contribution in [0.2, 0.25) is 0 Å². The highest BCUT2D eigenvalue weighted by atomic mass is 32.2. The van der Waals surface area contributed by atoms with E-state index in [0.29, 0.717) is 6.04 Å². The van der Waals surface area contributed by atoms with Gasteiger partial charge in [0, 0.05) is 25.6 Å². The summed E-state index contributed by atoms with van der Waals surface area (Å²) in [5.41, 5.74) is 8.34. The van der Waals surface area contributed by atoms with Gasteiger partial charge >= 0.3 is 0 Å². The van der Waals surface area contributed by atoms with Crippen LogP contribution in [0.5, 0.6) is 0 Å². The molecule has 1 aromatic heterocycles. The highest BCUT2D eigenvalue weighted by Crippen LogP contribution is 2.29. The maximum absolute atomic E-state index is 12.5. The van der Waals surface area contributed by atoms with Gasteiger partial charge in [0.25, 0.3) is 0 Å². The molecule has 2 N–H and O–H groups in total. The third kappa shape index (κ3) is 3.85. The first kappa shape index (κ1) is 18.3. The Morgan fingerprint density at radius 2 is 2.08 bits per heavy atom. The molecule has 1 saturated heterocycles. The minimum Gasteiger partial charge on any atom is -0.341 e. The fourth-order valence-corrected chi connectivity index (χ4v) is 4.19. The smallest absolute Gasteiger partial charge is 0.239 e. The largest absolute Gasteiger partial charge is 0.341 e. The van der Waals surface area contributed by atoms with Gasteiger partial charge in [0.05, 0.1) is 17.1 Å². The number of carbonyl (C=O) groups excluding carboxylic acids is 1. The third-order valence-corrected chi connectivity index (χ3v) is 5.72. The Bertz CT molecular complexity index is 721. The summed E-state index contributed by atoms with van der Waals surface area (Å²) in [6.07, 6.45) is 5.66. The molecular formula is C19H28N4OS. The van der Waals surface area contributed by atoms with E-state index in [4.69, 9.17) is 10.7 Å². The Hall–Kier alpha value is -1.53. The van der Waals surface area contributed by atoms with Gasteiger partial charge < -0.3 is 15.2 Å². The summed E-state index contributed by atoms with van der Waals surface area (Å²) in [5, 5.41) is 0. The normalized spacial score (nSPS) is 17.2. The molecule has 1 atom stereocenters. The molecule has 1 aromatic carbocycles. The number of carbonyl (C=O) groups is 1. The van der Waals surface area contributed by atoms with E-state index < -0.39 is 0 Å². The third-order valence-electron chi connectivity index (χ3n) is 5.08. The Morgan fingerprint density at radius 3 is 2.76 bits per heavy atom. The number of imidazole rings is 1. The molecule has 25 heavy (non-hydrogen) atoms. The van der Waals surface area contributed by atoms with E-state index in [1.165, 1.54) is 5.52 Å². The average Bonchev–Trinajstić information content (AvgIpc) is 3.04. The lowest BCUT2D eigenvalue weighted by molar-refractivity contribution is -0.133. The lowest BCUT2D eigenvalue weighted by atomic mass is 10.0. The SMILES string of the molecule is CCc1nc2ccccc2n1C1CCN(C(=O)C(N)CCSC)CC1. The summed E-state index contributed by atoms with van der Waals surface area (Å²) in [5.74, 6) is 2.19. The van der Waals surface area contributed by atoms with Crippen LogP contribution in [-0.2, 0) is 11.2 Å². The van der Waals surface area contributed by atoms with Gasteiger partial charge in [-0.2, -0.15) is 11.8 Å². The minimum absolute atomic E-state index is 0.110. The zero-order chi connectivity index (χ0) is 17.8. The van der Waals surface area contributed by atoms with Crippen LogP contribution >= 0.6 is 11.8 Å². The first-order valence-corrected chi connectivity index (χ1v) is 10.5. The summed E-state index contributed by atoms with van der Waals surface area (Å²) in [6.45, 7) is 3.72. The molecule has 1 aliphatic heterocycles. The molecule has 2 heterocycles. The highest BCUT2D eigenvalue weighted by molar-refractivity contribution is 7.98. The van der Waals surface area contributed by atoms with Gasteiger partial charge in [-0.1, -0.05) is 19.1 Å². The van der Waals surface area contributed by atoms with E-state index >= 15 is 0 Å². The number of rotatable bonds is 6. The van der Waals surface area contributed by atoms with Crippen molar-refractivity contribution in [3.63, 3.8) is 0 Å². The molecular weight excluding hydrogens is 332 g/mol. The van der Waals surface area contributed by atoms with Crippen molar-refractivity contribution in [2.75, 3.05) is 25.1 Å². The fraction of sp³-hybridized carbons (Fsp3) is 0.579. The number of thioether (sulfide) groups is 1. The van der Waals surface area contributed by atoms with Gasteiger partial charge in [-0.05, 0) is 43.4 Å². The Morgan fingerprint density at radius 1 is 1.36 bits per heavy atom. The van der Waals surface area contributed by atoms with E-state index in [-0.39, 0.29) is 11.9 Å². The molecule has 3 rings (SSSR count). The maximum atomic E-state index is 12.5. The molecule has 0 radical (unpaired) electrons. The Balaban J connectivity index is 1.69. The number of amides is 1. The van der Waals surface area contributed by atoms with E-state index in [0.717, 1.165) is 55.9 Å². The standard InChI is InChI=1S/C19H28N4OS/c1-3-18-21-16-6-4-5-7-17(16)23(18)14-8-11-22(12-9-14)19(24)15(20)10-13-25-2/h4-7,14-15H,3,8-13,20H2,1-2H3. The summed E-state index contributed by atoms with van der Waals surface area (Å²) in [7, 11) is 0. The quantitative estimate of drug-likeness (QED) is 0.860. The number of aromatic nitrogens is 2. The Labute approximate surface area is 154 Å². The van der Waals surface area contributed by atoms with Gasteiger partial charge in [0.2, 0.25) is 5.91 Å². The molecule has 5 nitrogen and oxygen atoms in total. The lowest BCUT2D eigenvalue weighted by Gasteiger charge is -2.35. The first-order chi connectivity index (χ1) is 12.2. The van der Waals surface area contributed by atoms with E-state index in [1.54, 1.807) is 11.8 Å². The molecule has 2 aromatic rings. The number of aryl methyl sites for hydroxylation is 1. The van der Waals surface area contributed by atoms with Crippen molar-refractivity contribution in [3.8, 4) is 0 Å². The number of benzene rings is 1. The second-order valence-corrected chi connectivity index (χ2v) is 7.67. The van der Waals surface area contributed by atoms with Crippen molar-refractivity contribution in [2.24, 2.45) is 5.73 Å². The second-order valence-electron chi connectivity index (χ2n) is 6.68. The molecule has 136 valence electrons. The predicted molar refractivity (Wildman–Crippen MR) is 105 cm³/mol. The molecule has 6 heteroatoms. The van der Waals surface area contributed by atoms with E-state index in [9.17, 15) is 4.79 Å². The molecule has 1 unspecified atom stereocenters. The van der Waals surface area contributed by atoms with Crippen LogP contribution in [0.1, 0.15) is 38.1 Å². The molecule has 0 saturated carbocycles. The van der Waals surface area contributed by atoms with Crippen LogP contribution in [0.15, 0.2) is 24.3 Å². The zero-order valence-corrected chi connectivity index (χ0v) is 16.0. The number of nitrogens with two attached hydrogens (primary N) is 1. The number of piperidine rings is 1. The minimum atomic E-state index is -0.357. The second kappa shape index (κ2) is 8.23. The number of likely N-dealkylation sites (tertiary alicyclic amines) is 1. The summed E-state index contributed by atoms with van der Waals surface area (Å²) in [4.78, 5) is 19.2. The molecule has 1 aliphatic rings. The molecule has 0 aliphatic carbocycles. The van der Waals surface area contributed by atoms with Gasteiger partial charge in [-0.15, -0.1) is 0 Å². The summed E-state index contributed by atoms with van der Waals surface area (Å²) in [6, 6.07) is 8.39. The number of fused-ring (bicyclic) bond motifs is 1. The zero-order valence-electron chi connectivity index (χ0n) is 15.1. The molecule has 1 amide bonds. The van der Waals surface area contributed by atoms with Crippen molar-refractivity contribution < 1.29 is 4.79 Å². The van der Waals surface area contributed by atoms with Gasteiger partial charge in [-0.25, -0.2) is 4.98 Å². The number of hydrogen-bond acceptors (Lipinski definition) is 4. The van der Waals surface area contributed by atoms with Crippen molar-refractivity contribution in [3.05, 3.63) is 30.1 Å². The maximum Gasteiger partial charge on any atom is 0.239 e. The van der Waals surface area contributed by atoms with Crippen molar-refractivity contribution in [2.45, 2.75) is 44.7 Å². The number of para-hydroxylation sites is 2. The van der Waals surface area contributed by atoms with Crippen LogP contribution < -0.4 is 5.73 Å². The summed E-state index contributed by atoms with van der Waals surface area (Å²) >= 11 is 1.74. The van der Waals surface area contributed by atoms with Gasteiger partial charge in [0.1, 0.15) is 5.82 Å². The molecule has 1 fully saturated rings. The van der Waals surface area contributed by atoms with Crippen molar-refractivity contribution in [1.29, 1.82) is 0 Å². The summed E-state index contributed by atoms with van der Waals surface area (Å²) < 4.78 is 2.39. The predicted octanol–water partition coefficient (Wildman–Crippen LogP) is 2.84. The van der Waals surface area contributed by atoms with Crippen LogP contribution in [0.3, 0.4) is 0 Å². The monoisotopic (exact) mass is 360 g/mol. The van der Waals surface area contributed by atoms with Crippen LogP contribution in [0.4, 0.5) is 0 Å². The van der Waals surface area contributed by atoms with Crippen molar-refractivity contribution >= 4 is 28.7 Å². The highest BCUT2D eigenvalue weighted by Gasteiger charge is 2.28. The Kier molecular flexibility index (Phi) is 6.02. The van der Waals surface area contributed by atoms with Crippen LogP contribution in [0.25, 0.3) is 11.0 Å². The van der Waals surface area contributed by atoms with Crippen LogP contribution in [-0.4, -0.2) is 51.5 Å². The van der Waals surface area contributed by atoms with Crippen molar-refractivity contribution in [1.82, 2.24) is 14.5 Å². The van der Waals surface area contributed by atoms with Gasteiger partial charge in [0.15, 0.2) is 0 Å². The first-order valence-electron chi connectivity index (χ1n) is 9.14. The van der Waals surface area contributed by atoms with Crippen LogP contribution in [0, 0.1) is 0 Å². The number of nitrogens with zero attached hydrogens (tertiary/aromatic N) is 3. The molecule has 0 spiro atoms. The topological polar surface area (TPSA) is 64.2 Å². The van der Waals surface area contributed by atoms with Gasteiger partial charge in [-0.3, -0.25) is 4.79 Å². The molecule has 0 bridgehead atoms. The fourth-order valence-electron chi connectivity index (χ4n) is 3.70. The van der Waals surface area contributed by atoms with E-state index in [1.807, 2.05) is 17.2 Å². The van der Waals surface area contributed by atoms with E-state index in [2.05, 4.69) is 29.7 Å². The average molecular weight is 361 g/mol.